The van der Waals surface area contributed by atoms with Gasteiger partial charge >= 0.3 is 0 Å². The number of nitrogens with zero attached hydrogens (tertiary/aromatic N) is 2. The summed E-state index contributed by atoms with van der Waals surface area (Å²) in [4.78, 5) is 4.06. The second-order valence-corrected chi connectivity index (χ2v) is 4.19. The molecule has 1 aromatic carbocycles. The summed E-state index contributed by atoms with van der Waals surface area (Å²) in [6, 6.07) is 11.2. The zero-order chi connectivity index (χ0) is 11.5. The van der Waals surface area contributed by atoms with Gasteiger partial charge in [-0.2, -0.15) is 5.26 Å². The zero-order valence-corrected chi connectivity index (χ0v) is 9.90. The number of pyridine rings is 1. The van der Waals surface area contributed by atoms with Gasteiger partial charge in [0, 0.05) is 16.2 Å². The van der Waals surface area contributed by atoms with Crippen molar-refractivity contribution in [2.24, 2.45) is 0 Å². The number of nitrogens with two attached hydrogens (primary N) is 1. The van der Waals surface area contributed by atoms with Gasteiger partial charge in [0.2, 0.25) is 0 Å². The first-order valence-electron chi connectivity index (χ1n) is 4.62. The van der Waals surface area contributed by atoms with Crippen molar-refractivity contribution < 1.29 is 0 Å². The van der Waals surface area contributed by atoms with Crippen LogP contribution in [-0.4, -0.2) is 4.98 Å². The molecule has 2 N–H and O–H groups in total. The number of halogens is 1. The Morgan fingerprint density at radius 1 is 1.25 bits per heavy atom. The Hall–Kier alpha value is -1.86. The maximum atomic E-state index is 8.70. The van der Waals surface area contributed by atoms with E-state index in [9.17, 15) is 0 Å². The second kappa shape index (κ2) is 4.33. The summed E-state index contributed by atoms with van der Waals surface area (Å²) in [6.07, 6.45) is 1.66. The number of benzene rings is 1. The zero-order valence-electron chi connectivity index (χ0n) is 8.31. The van der Waals surface area contributed by atoms with Crippen LogP contribution in [0, 0.1) is 11.3 Å². The van der Waals surface area contributed by atoms with Crippen LogP contribution in [0.3, 0.4) is 0 Å². The molecule has 0 saturated heterocycles. The van der Waals surface area contributed by atoms with E-state index in [4.69, 9.17) is 11.0 Å². The topological polar surface area (TPSA) is 62.7 Å². The summed E-state index contributed by atoms with van der Waals surface area (Å²) in [5.41, 5.74) is 8.23. The molecule has 0 spiro atoms. The predicted octanol–water partition coefficient (Wildman–Crippen LogP) is 2.96. The highest BCUT2D eigenvalue weighted by atomic mass is 79.9. The van der Waals surface area contributed by atoms with Crippen molar-refractivity contribution in [1.82, 2.24) is 4.98 Å². The van der Waals surface area contributed by atoms with E-state index in [1.165, 1.54) is 0 Å². The third-order valence-electron chi connectivity index (χ3n) is 2.21. The summed E-state index contributed by atoms with van der Waals surface area (Å²) in [6.45, 7) is 0. The lowest BCUT2D eigenvalue weighted by Crippen LogP contribution is -1.93. The van der Waals surface area contributed by atoms with Gasteiger partial charge in [-0.05, 0) is 39.7 Å². The molecule has 0 fully saturated rings. The van der Waals surface area contributed by atoms with Crippen LogP contribution in [0.5, 0.6) is 0 Å². The molecular weight excluding hydrogens is 266 g/mol. The van der Waals surface area contributed by atoms with Crippen molar-refractivity contribution in [3.8, 4) is 17.2 Å². The molecule has 0 radical (unpaired) electrons. The number of hydrogen-bond donors (Lipinski definition) is 1. The number of hydrogen-bond acceptors (Lipinski definition) is 3. The van der Waals surface area contributed by atoms with Gasteiger partial charge in [-0.25, -0.2) is 4.98 Å². The van der Waals surface area contributed by atoms with Crippen LogP contribution in [-0.2, 0) is 0 Å². The van der Waals surface area contributed by atoms with Gasteiger partial charge < -0.3 is 5.73 Å². The van der Waals surface area contributed by atoms with Crippen molar-refractivity contribution in [1.29, 1.82) is 5.26 Å². The third kappa shape index (κ3) is 2.05. The predicted molar refractivity (Wildman–Crippen MR) is 66.5 cm³/mol. The van der Waals surface area contributed by atoms with Crippen molar-refractivity contribution >= 4 is 21.7 Å². The fraction of sp³-hybridized carbons (Fsp3) is 0. The Bertz CT molecular complexity index is 555. The number of nitriles is 1. The Morgan fingerprint density at radius 2 is 1.94 bits per heavy atom. The van der Waals surface area contributed by atoms with Gasteiger partial charge in [-0.1, -0.05) is 12.1 Å². The van der Waals surface area contributed by atoms with Crippen LogP contribution in [0.15, 0.2) is 41.0 Å². The molecule has 1 aromatic heterocycles. The lowest BCUT2D eigenvalue weighted by atomic mass is 10.1. The molecule has 0 bridgehead atoms. The number of aromatic nitrogens is 1. The van der Waals surface area contributed by atoms with E-state index < -0.39 is 0 Å². The molecule has 2 aromatic rings. The molecule has 2 rings (SSSR count). The smallest absolute Gasteiger partial charge is 0.131 e. The highest BCUT2D eigenvalue weighted by molar-refractivity contribution is 9.10. The molecule has 0 aliphatic carbocycles. The summed E-state index contributed by atoms with van der Waals surface area (Å²) >= 11 is 3.35. The fourth-order valence-corrected chi connectivity index (χ4v) is 1.74. The van der Waals surface area contributed by atoms with Crippen LogP contribution < -0.4 is 5.73 Å². The maximum Gasteiger partial charge on any atom is 0.131 e. The van der Waals surface area contributed by atoms with E-state index in [0.717, 1.165) is 15.6 Å². The SMILES string of the molecule is N#Cc1ccc(-c2cc(Br)cnc2N)cc1. The minimum atomic E-state index is 0.480. The lowest BCUT2D eigenvalue weighted by molar-refractivity contribution is 1.32. The van der Waals surface area contributed by atoms with Gasteiger partial charge in [-0.15, -0.1) is 0 Å². The fourth-order valence-electron chi connectivity index (χ4n) is 1.41. The normalized spacial score (nSPS) is 9.75. The molecule has 0 aliphatic rings. The van der Waals surface area contributed by atoms with Gasteiger partial charge in [0.25, 0.3) is 0 Å². The van der Waals surface area contributed by atoms with Crippen LogP contribution in [0.2, 0.25) is 0 Å². The van der Waals surface area contributed by atoms with Gasteiger partial charge in [-0.3, -0.25) is 0 Å². The quantitative estimate of drug-likeness (QED) is 0.869. The average Bonchev–Trinajstić information content (AvgIpc) is 2.32. The Kier molecular flexibility index (Phi) is 2.88. The molecule has 0 amide bonds. The van der Waals surface area contributed by atoms with E-state index in [1.54, 1.807) is 18.3 Å². The van der Waals surface area contributed by atoms with E-state index in [-0.39, 0.29) is 0 Å². The Balaban J connectivity index is 2.50. The number of anilines is 1. The summed E-state index contributed by atoms with van der Waals surface area (Å²) in [7, 11) is 0. The van der Waals surface area contributed by atoms with Crippen LogP contribution in [0.25, 0.3) is 11.1 Å². The highest BCUT2D eigenvalue weighted by Crippen LogP contribution is 2.27. The molecule has 0 saturated carbocycles. The van der Waals surface area contributed by atoms with E-state index in [2.05, 4.69) is 27.0 Å². The molecule has 0 unspecified atom stereocenters. The van der Waals surface area contributed by atoms with Crippen LogP contribution in [0.1, 0.15) is 5.56 Å². The molecular formula is C12H8BrN3. The van der Waals surface area contributed by atoms with Crippen LogP contribution in [0.4, 0.5) is 5.82 Å². The van der Waals surface area contributed by atoms with Crippen molar-refractivity contribution in [2.45, 2.75) is 0 Å². The summed E-state index contributed by atoms with van der Waals surface area (Å²) < 4.78 is 0.876. The minimum absolute atomic E-state index is 0.480. The average molecular weight is 274 g/mol. The molecule has 0 aliphatic heterocycles. The third-order valence-corrected chi connectivity index (χ3v) is 2.64. The van der Waals surface area contributed by atoms with Crippen molar-refractivity contribution in [3.05, 3.63) is 46.6 Å². The standard InChI is InChI=1S/C12H8BrN3/c13-10-5-11(12(15)16-7-10)9-3-1-8(6-14)2-4-9/h1-5,7H,(H2,15,16). The van der Waals surface area contributed by atoms with E-state index in [1.807, 2.05) is 18.2 Å². The highest BCUT2D eigenvalue weighted by Gasteiger charge is 2.04. The van der Waals surface area contributed by atoms with Crippen LogP contribution >= 0.6 is 15.9 Å². The van der Waals surface area contributed by atoms with E-state index in [0.29, 0.717) is 11.4 Å². The van der Waals surface area contributed by atoms with E-state index >= 15 is 0 Å². The summed E-state index contributed by atoms with van der Waals surface area (Å²) in [5.74, 6) is 0.480. The molecule has 0 atom stereocenters. The van der Waals surface area contributed by atoms with Gasteiger partial charge in [0.1, 0.15) is 5.82 Å². The van der Waals surface area contributed by atoms with Gasteiger partial charge in [0.15, 0.2) is 0 Å². The molecule has 4 heteroatoms. The monoisotopic (exact) mass is 273 g/mol. The largest absolute Gasteiger partial charge is 0.383 e. The molecule has 78 valence electrons. The Morgan fingerprint density at radius 3 is 2.56 bits per heavy atom. The maximum absolute atomic E-state index is 8.70. The molecule has 3 nitrogen and oxygen atoms in total. The van der Waals surface area contributed by atoms with Crippen molar-refractivity contribution in [3.63, 3.8) is 0 Å². The number of nitrogen functional groups attached to an aromatic ring is 1. The summed E-state index contributed by atoms with van der Waals surface area (Å²) in [5, 5.41) is 8.70. The first-order chi connectivity index (χ1) is 7.70. The lowest BCUT2D eigenvalue weighted by Gasteiger charge is -2.05. The van der Waals surface area contributed by atoms with Gasteiger partial charge in [0.05, 0.1) is 11.6 Å². The first kappa shape index (κ1) is 10.7. The number of rotatable bonds is 1. The molecule has 16 heavy (non-hydrogen) atoms. The Labute approximate surface area is 102 Å². The molecule has 1 heterocycles. The first-order valence-corrected chi connectivity index (χ1v) is 5.41. The van der Waals surface area contributed by atoms with Crippen molar-refractivity contribution in [2.75, 3.05) is 5.73 Å². The minimum Gasteiger partial charge on any atom is -0.383 e. The second-order valence-electron chi connectivity index (χ2n) is 3.28.